The summed E-state index contributed by atoms with van der Waals surface area (Å²) in [5.41, 5.74) is 2.40. The molecule has 1 unspecified atom stereocenters. The number of fused-ring (bicyclic) bond motifs is 3. The maximum atomic E-state index is 12.9. The predicted octanol–water partition coefficient (Wildman–Crippen LogP) is 2.32. The molecule has 0 bridgehead atoms. The van der Waals surface area contributed by atoms with Crippen molar-refractivity contribution in [3.63, 3.8) is 0 Å². The number of hydrogen-bond donors (Lipinski definition) is 4. The fourth-order valence-corrected chi connectivity index (χ4v) is 5.37. The molecule has 4 N–H and O–H groups in total. The highest BCUT2D eigenvalue weighted by molar-refractivity contribution is 7.16. The zero-order chi connectivity index (χ0) is 19.3. The third-order valence-electron chi connectivity index (χ3n) is 5.37. The summed E-state index contributed by atoms with van der Waals surface area (Å²) in [6, 6.07) is 3.74. The average Bonchev–Trinajstić information content (AvgIpc) is 3.01. The van der Waals surface area contributed by atoms with Gasteiger partial charge in [-0.1, -0.05) is 11.6 Å². The van der Waals surface area contributed by atoms with Crippen molar-refractivity contribution < 1.29 is 19.5 Å². The van der Waals surface area contributed by atoms with Crippen LogP contribution in [-0.2, 0) is 13.0 Å². The highest BCUT2D eigenvalue weighted by Gasteiger charge is 2.36. The van der Waals surface area contributed by atoms with E-state index in [1.807, 2.05) is 0 Å². The van der Waals surface area contributed by atoms with Gasteiger partial charge in [0.2, 0.25) is 0 Å². The number of halogens is 1. The maximum Gasteiger partial charge on any atom is 0.256 e. The fourth-order valence-electron chi connectivity index (χ4n) is 3.83. The third kappa shape index (κ3) is 3.13. The molecule has 2 aromatic rings. The number of methoxy groups -OCH3 is 1. The summed E-state index contributed by atoms with van der Waals surface area (Å²) in [7, 11) is 1.47. The Balaban J connectivity index is 1.69. The molecule has 4 rings (SSSR count). The van der Waals surface area contributed by atoms with Crippen molar-refractivity contribution in [2.75, 3.05) is 19.0 Å². The van der Waals surface area contributed by atoms with Gasteiger partial charge < -0.3 is 25.4 Å². The van der Waals surface area contributed by atoms with Crippen molar-refractivity contribution >= 4 is 33.8 Å². The van der Waals surface area contributed by atoms with E-state index in [1.165, 1.54) is 16.9 Å². The number of carbonyl (C=O) groups is 1. The molecule has 144 valence electrons. The largest absolute Gasteiger partial charge is 0.504 e. The number of hydrogen-bond acceptors (Lipinski definition) is 5. The van der Waals surface area contributed by atoms with E-state index in [0.29, 0.717) is 16.6 Å². The van der Waals surface area contributed by atoms with Gasteiger partial charge in [0.1, 0.15) is 17.7 Å². The maximum absolute atomic E-state index is 12.9. The molecule has 2 aliphatic rings. The number of ether oxygens (including phenoxy) is 1. The second-order valence-electron chi connectivity index (χ2n) is 7.29. The zero-order valence-corrected chi connectivity index (χ0v) is 17.1. The zero-order valence-electron chi connectivity index (χ0n) is 15.5. The molecule has 1 amide bonds. The third-order valence-corrected chi connectivity index (χ3v) is 6.75. The highest BCUT2D eigenvalue weighted by Crippen LogP contribution is 2.42. The van der Waals surface area contributed by atoms with Crippen molar-refractivity contribution in [2.24, 2.45) is 0 Å². The van der Waals surface area contributed by atoms with E-state index in [2.05, 4.69) is 24.5 Å². The fraction of sp³-hybridized carbons (Fsp3) is 0.421. The van der Waals surface area contributed by atoms with Crippen molar-refractivity contribution in [3.8, 4) is 11.5 Å². The summed E-state index contributed by atoms with van der Waals surface area (Å²) >= 11 is 7.80. The molecule has 1 aromatic carbocycles. The number of thiophene rings is 1. The molecular weight excluding hydrogens is 386 g/mol. The number of amides is 1. The van der Waals surface area contributed by atoms with Gasteiger partial charge in [0, 0.05) is 23.1 Å². The molecule has 0 fully saturated rings. The summed E-state index contributed by atoms with van der Waals surface area (Å²) in [5.74, 6) is 0.137. The Morgan fingerprint density at radius 3 is 2.85 bits per heavy atom. The van der Waals surface area contributed by atoms with Crippen LogP contribution in [0.25, 0.3) is 0 Å². The van der Waals surface area contributed by atoms with Crippen LogP contribution in [0.5, 0.6) is 11.5 Å². The molecule has 27 heavy (non-hydrogen) atoms. The SMILES string of the molecule is COc1cc(Cl)cc([C@H]2NC(=O)c3c(sc4c3CC[NH+](C(C)C)C4)N2)c1O. The van der Waals surface area contributed by atoms with E-state index in [4.69, 9.17) is 16.3 Å². The van der Waals surface area contributed by atoms with Crippen LogP contribution in [0.1, 0.15) is 46.4 Å². The van der Waals surface area contributed by atoms with Gasteiger partial charge >= 0.3 is 0 Å². The lowest BCUT2D eigenvalue weighted by Crippen LogP contribution is -3.14. The molecule has 6 nitrogen and oxygen atoms in total. The minimum Gasteiger partial charge on any atom is -0.504 e. The summed E-state index contributed by atoms with van der Waals surface area (Å²) in [6.07, 6.45) is 0.344. The number of benzene rings is 1. The number of rotatable bonds is 3. The molecule has 0 saturated carbocycles. The lowest BCUT2D eigenvalue weighted by Gasteiger charge is -2.29. The minimum atomic E-state index is -0.564. The lowest BCUT2D eigenvalue weighted by molar-refractivity contribution is -0.936. The van der Waals surface area contributed by atoms with E-state index < -0.39 is 6.17 Å². The average molecular weight is 409 g/mol. The summed E-state index contributed by atoms with van der Waals surface area (Å²) in [6.45, 7) is 6.44. The molecular formula is C19H23ClN3O3S+. The quantitative estimate of drug-likeness (QED) is 0.628. The number of anilines is 1. The molecule has 1 aromatic heterocycles. The van der Waals surface area contributed by atoms with Gasteiger partial charge in [-0.2, -0.15) is 0 Å². The van der Waals surface area contributed by atoms with Crippen LogP contribution in [-0.4, -0.2) is 30.7 Å². The van der Waals surface area contributed by atoms with E-state index >= 15 is 0 Å². The lowest BCUT2D eigenvalue weighted by atomic mass is 9.99. The van der Waals surface area contributed by atoms with Crippen LogP contribution in [0, 0.1) is 0 Å². The summed E-state index contributed by atoms with van der Waals surface area (Å²) < 4.78 is 5.18. The van der Waals surface area contributed by atoms with Crippen LogP contribution < -0.4 is 20.3 Å². The first-order valence-electron chi connectivity index (χ1n) is 9.02. The van der Waals surface area contributed by atoms with Crippen molar-refractivity contribution in [1.29, 1.82) is 0 Å². The molecule has 0 aliphatic carbocycles. The van der Waals surface area contributed by atoms with Crippen LogP contribution in [0.2, 0.25) is 5.02 Å². The molecule has 8 heteroatoms. The number of phenols is 1. The van der Waals surface area contributed by atoms with E-state index in [0.717, 1.165) is 35.6 Å². The Hall–Kier alpha value is -1.96. The van der Waals surface area contributed by atoms with Crippen LogP contribution in [0.15, 0.2) is 12.1 Å². The van der Waals surface area contributed by atoms with Crippen molar-refractivity contribution in [1.82, 2.24) is 5.32 Å². The molecule has 2 aliphatic heterocycles. The van der Waals surface area contributed by atoms with Crippen molar-refractivity contribution in [2.45, 2.75) is 39.0 Å². The molecule has 3 heterocycles. The van der Waals surface area contributed by atoms with Gasteiger partial charge in [0.15, 0.2) is 11.5 Å². The first-order valence-corrected chi connectivity index (χ1v) is 10.2. The molecule has 2 atom stereocenters. The van der Waals surface area contributed by atoms with Crippen molar-refractivity contribution in [3.05, 3.63) is 38.7 Å². The Labute approximate surface area is 167 Å². The van der Waals surface area contributed by atoms with Gasteiger partial charge in [-0.3, -0.25) is 4.79 Å². The second kappa shape index (κ2) is 6.89. The number of quaternary nitrogens is 1. The first kappa shape index (κ1) is 18.4. The Kier molecular flexibility index (Phi) is 4.70. The van der Waals surface area contributed by atoms with E-state index in [9.17, 15) is 9.90 Å². The second-order valence-corrected chi connectivity index (χ2v) is 8.84. The van der Waals surface area contributed by atoms with E-state index in [1.54, 1.807) is 23.5 Å². The van der Waals surface area contributed by atoms with Gasteiger partial charge in [-0.15, -0.1) is 11.3 Å². The van der Waals surface area contributed by atoms with Crippen LogP contribution in [0.4, 0.5) is 5.00 Å². The van der Waals surface area contributed by atoms with Gasteiger partial charge in [-0.25, -0.2) is 0 Å². The van der Waals surface area contributed by atoms with Gasteiger partial charge in [0.05, 0.1) is 30.1 Å². The number of nitrogens with one attached hydrogen (secondary N) is 3. The summed E-state index contributed by atoms with van der Waals surface area (Å²) in [5, 5.41) is 18.1. The standard InChI is InChI=1S/C19H22ClN3O3S/c1-9(2)23-5-4-11-14(8-23)27-19-15(11)18(25)21-17(22-19)12-6-10(20)7-13(26-3)16(12)24/h6-7,9,17,22,24H,4-5,8H2,1-3H3,(H,21,25)/p+1/t17-/m0/s1. The van der Waals surface area contributed by atoms with Crippen LogP contribution in [0.3, 0.4) is 0 Å². The minimum absolute atomic E-state index is 0.0279. The number of carbonyl (C=O) groups excluding carboxylic acids is 1. The predicted molar refractivity (Wildman–Crippen MR) is 106 cm³/mol. The normalized spacial score (nSPS) is 21.3. The molecule has 0 spiro atoms. The topological polar surface area (TPSA) is 75.0 Å². The monoisotopic (exact) mass is 408 g/mol. The Morgan fingerprint density at radius 2 is 2.15 bits per heavy atom. The molecule has 0 radical (unpaired) electrons. The van der Waals surface area contributed by atoms with E-state index in [-0.39, 0.29) is 17.4 Å². The number of phenolic OH excluding ortho intramolecular Hbond substituents is 1. The highest BCUT2D eigenvalue weighted by atomic mass is 35.5. The Bertz CT molecular complexity index is 912. The number of aromatic hydroxyl groups is 1. The van der Waals surface area contributed by atoms with Gasteiger partial charge in [-0.05, 0) is 25.5 Å². The Morgan fingerprint density at radius 1 is 1.37 bits per heavy atom. The smallest absolute Gasteiger partial charge is 0.256 e. The van der Waals surface area contributed by atoms with Crippen LogP contribution >= 0.6 is 22.9 Å². The van der Waals surface area contributed by atoms with Gasteiger partial charge in [0.25, 0.3) is 5.91 Å². The molecule has 0 saturated heterocycles. The first-order chi connectivity index (χ1) is 12.9. The summed E-state index contributed by atoms with van der Waals surface area (Å²) in [4.78, 5) is 15.7.